The number of fused-ring (bicyclic) bond motifs is 1. The van der Waals surface area contributed by atoms with Gasteiger partial charge in [0.1, 0.15) is 12.1 Å². The van der Waals surface area contributed by atoms with Crippen molar-refractivity contribution in [2.24, 2.45) is 0 Å². The first-order valence-corrected chi connectivity index (χ1v) is 7.92. The molecule has 1 aliphatic heterocycles. The first-order chi connectivity index (χ1) is 8.35. The minimum absolute atomic E-state index is 0.116. The highest BCUT2D eigenvalue weighted by Gasteiger charge is 2.54. The molecule has 1 aliphatic carbocycles. The van der Waals surface area contributed by atoms with E-state index in [1.165, 1.54) is 12.8 Å². The fourth-order valence-corrected chi connectivity index (χ4v) is 4.22. The minimum atomic E-state index is -1.24. The van der Waals surface area contributed by atoms with Crippen LogP contribution in [0.4, 0.5) is 0 Å². The van der Waals surface area contributed by atoms with E-state index in [1.807, 2.05) is 6.92 Å². The van der Waals surface area contributed by atoms with Gasteiger partial charge in [0.2, 0.25) is 0 Å². The molecule has 0 spiro atoms. The zero-order valence-corrected chi connectivity index (χ0v) is 11.3. The van der Waals surface area contributed by atoms with Crippen molar-refractivity contribution in [3.05, 3.63) is 6.08 Å². The van der Waals surface area contributed by atoms with Gasteiger partial charge in [-0.3, -0.25) is 5.41 Å². The summed E-state index contributed by atoms with van der Waals surface area (Å²) in [6, 6.07) is 0.708. The van der Waals surface area contributed by atoms with Gasteiger partial charge in [-0.25, -0.2) is 4.43 Å². The molecule has 94 valence electrons. The SMILES string of the molecule is CCOC1CCCCC2O[Si+](CC=C=N)OC12. The Balaban J connectivity index is 1.97. The maximum Gasteiger partial charge on any atom is 0.649 e. The highest BCUT2D eigenvalue weighted by atomic mass is 28.3. The number of ether oxygens (including phenoxy) is 1. The monoisotopic (exact) mass is 254 g/mol. The van der Waals surface area contributed by atoms with E-state index < -0.39 is 9.28 Å². The van der Waals surface area contributed by atoms with Gasteiger partial charge in [-0.15, -0.1) is 0 Å². The van der Waals surface area contributed by atoms with E-state index in [0.29, 0.717) is 6.04 Å². The van der Waals surface area contributed by atoms with Crippen LogP contribution in [-0.2, 0) is 13.6 Å². The Hall–Kier alpha value is -0.453. The van der Waals surface area contributed by atoms with Crippen LogP contribution < -0.4 is 0 Å². The van der Waals surface area contributed by atoms with Crippen LogP contribution in [0.25, 0.3) is 0 Å². The van der Waals surface area contributed by atoms with Gasteiger partial charge in [0.15, 0.2) is 6.10 Å². The lowest BCUT2D eigenvalue weighted by atomic mass is 10.1. The number of allylic oxidation sites excluding steroid dienone is 1. The zero-order valence-electron chi connectivity index (χ0n) is 10.3. The summed E-state index contributed by atoms with van der Waals surface area (Å²) in [6.45, 7) is 2.76. The number of hydrogen-bond acceptors (Lipinski definition) is 4. The highest BCUT2D eigenvalue weighted by molar-refractivity contribution is 6.46. The quantitative estimate of drug-likeness (QED) is 0.617. The second-order valence-corrected chi connectivity index (χ2v) is 6.07. The number of hydrogen-bond donors (Lipinski definition) is 1. The summed E-state index contributed by atoms with van der Waals surface area (Å²) < 4.78 is 17.8. The van der Waals surface area contributed by atoms with Crippen molar-refractivity contribution in [2.75, 3.05) is 6.61 Å². The summed E-state index contributed by atoms with van der Waals surface area (Å²) in [5, 5.41) is 6.88. The van der Waals surface area contributed by atoms with Crippen molar-refractivity contribution in [3.8, 4) is 0 Å². The third-order valence-corrected chi connectivity index (χ3v) is 4.90. The van der Waals surface area contributed by atoms with Crippen molar-refractivity contribution in [2.45, 2.75) is 57.0 Å². The van der Waals surface area contributed by atoms with Gasteiger partial charge >= 0.3 is 9.28 Å². The maximum absolute atomic E-state index is 6.88. The molecule has 0 bridgehead atoms. The molecule has 1 saturated carbocycles. The number of nitrogens with one attached hydrogen (secondary N) is 1. The molecule has 4 nitrogen and oxygen atoms in total. The third kappa shape index (κ3) is 3.27. The molecule has 3 atom stereocenters. The highest BCUT2D eigenvalue weighted by Crippen LogP contribution is 2.32. The second-order valence-electron chi connectivity index (χ2n) is 4.44. The third-order valence-electron chi connectivity index (χ3n) is 3.26. The van der Waals surface area contributed by atoms with Gasteiger partial charge < -0.3 is 4.74 Å². The van der Waals surface area contributed by atoms with Crippen LogP contribution >= 0.6 is 0 Å². The Morgan fingerprint density at radius 3 is 3.00 bits per heavy atom. The molecule has 0 aromatic carbocycles. The average Bonchev–Trinajstić information content (AvgIpc) is 2.65. The smallest absolute Gasteiger partial charge is 0.376 e. The molecule has 1 saturated heterocycles. The van der Waals surface area contributed by atoms with Crippen LogP contribution in [0.5, 0.6) is 0 Å². The molecule has 2 rings (SSSR count). The van der Waals surface area contributed by atoms with Gasteiger partial charge in [0.25, 0.3) is 0 Å². The van der Waals surface area contributed by atoms with Crippen LogP contribution in [0.2, 0.25) is 6.04 Å². The Bertz CT molecular complexity index is 293. The van der Waals surface area contributed by atoms with Gasteiger partial charge in [0.05, 0.1) is 6.10 Å². The average molecular weight is 254 g/mol. The van der Waals surface area contributed by atoms with E-state index in [9.17, 15) is 0 Å². The van der Waals surface area contributed by atoms with Crippen LogP contribution in [0.15, 0.2) is 6.08 Å². The lowest BCUT2D eigenvalue weighted by Gasteiger charge is -2.20. The lowest BCUT2D eigenvalue weighted by molar-refractivity contribution is -0.0305. The van der Waals surface area contributed by atoms with Crippen LogP contribution in [0, 0.1) is 5.41 Å². The molecule has 0 amide bonds. The van der Waals surface area contributed by atoms with Crippen LogP contribution in [-0.4, -0.2) is 40.1 Å². The summed E-state index contributed by atoms with van der Waals surface area (Å²) >= 11 is 0. The summed E-state index contributed by atoms with van der Waals surface area (Å²) in [5.41, 5.74) is 0. The van der Waals surface area contributed by atoms with E-state index in [4.69, 9.17) is 19.0 Å². The summed E-state index contributed by atoms with van der Waals surface area (Å²) in [4.78, 5) is 0. The lowest BCUT2D eigenvalue weighted by Crippen LogP contribution is -2.35. The van der Waals surface area contributed by atoms with E-state index in [1.54, 1.807) is 6.08 Å². The maximum atomic E-state index is 6.88. The zero-order chi connectivity index (χ0) is 12.1. The number of rotatable bonds is 4. The molecular formula is C12H20NO3Si+. The first kappa shape index (κ1) is 13.0. The molecule has 0 radical (unpaired) electrons. The Kier molecular flexibility index (Phi) is 4.94. The Morgan fingerprint density at radius 1 is 1.41 bits per heavy atom. The predicted octanol–water partition coefficient (Wildman–Crippen LogP) is 2.04. The molecule has 0 aromatic heterocycles. The van der Waals surface area contributed by atoms with Crippen molar-refractivity contribution >= 4 is 15.2 Å². The molecule has 17 heavy (non-hydrogen) atoms. The largest absolute Gasteiger partial charge is 0.649 e. The minimum Gasteiger partial charge on any atom is -0.376 e. The molecule has 3 unspecified atom stereocenters. The normalized spacial score (nSPS) is 32.8. The van der Waals surface area contributed by atoms with Crippen molar-refractivity contribution in [1.82, 2.24) is 0 Å². The fraction of sp³-hybridized carbons (Fsp3) is 0.833. The molecule has 5 heteroatoms. The molecule has 2 fully saturated rings. The first-order valence-electron chi connectivity index (χ1n) is 6.39. The molecular weight excluding hydrogens is 234 g/mol. The fourth-order valence-electron chi connectivity index (χ4n) is 2.51. The Labute approximate surface area is 104 Å². The summed E-state index contributed by atoms with van der Waals surface area (Å²) in [6.07, 6.45) is 6.77. The van der Waals surface area contributed by atoms with Crippen molar-refractivity contribution < 1.29 is 13.6 Å². The van der Waals surface area contributed by atoms with Crippen LogP contribution in [0.3, 0.4) is 0 Å². The van der Waals surface area contributed by atoms with E-state index in [-0.39, 0.29) is 18.3 Å². The topological polar surface area (TPSA) is 51.5 Å². The Morgan fingerprint density at radius 2 is 2.24 bits per heavy atom. The van der Waals surface area contributed by atoms with E-state index in [2.05, 4.69) is 5.87 Å². The summed E-state index contributed by atoms with van der Waals surface area (Å²) in [5.74, 6) is 2.28. The van der Waals surface area contributed by atoms with Gasteiger partial charge in [-0.1, -0.05) is 12.8 Å². The van der Waals surface area contributed by atoms with Crippen molar-refractivity contribution in [3.63, 3.8) is 0 Å². The van der Waals surface area contributed by atoms with Gasteiger partial charge in [-0.2, -0.15) is 4.43 Å². The second kappa shape index (κ2) is 6.47. The van der Waals surface area contributed by atoms with Crippen LogP contribution in [0.1, 0.15) is 32.6 Å². The van der Waals surface area contributed by atoms with Crippen molar-refractivity contribution in [1.29, 1.82) is 5.41 Å². The van der Waals surface area contributed by atoms with E-state index >= 15 is 0 Å². The predicted molar refractivity (Wildman–Crippen MR) is 66.5 cm³/mol. The van der Waals surface area contributed by atoms with Gasteiger partial charge in [0, 0.05) is 12.7 Å². The molecule has 2 aliphatic rings. The summed E-state index contributed by atoms with van der Waals surface area (Å²) in [7, 11) is -1.24. The molecule has 1 heterocycles. The molecule has 1 N–H and O–H groups in total. The molecule has 0 aromatic rings. The van der Waals surface area contributed by atoms with Gasteiger partial charge in [-0.05, 0) is 25.6 Å². The van der Waals surface area contributed by atoms with E-state index in [0.717, 1.165) is 19.4 Å². The standard InChI is InChI=1S/C12H20NO3Si/c1-2-14-10-6-3-4-7-11-12(10)16-17(15-11)9-5-8-13/h5,10-13H,2-4,6-7,9H2,1H3/q+1.